The number of rotatable bonds is 5. The molecule has 2 nitrogen and oxygen atoms in total. The molecule has 1 rings (SSSR count). The SMILES string of the molecule is CNCC=Cc1ccc(CNC)cc1. The Morgan fingerprint density at radius 2 is 1.79 bits per heavy atom. The lowest BCUT2D eigenvalue weighted by Crippen LogP contribution is -2.04. The van der Waals surface area contributed by atoms with Crippen molar-refractivity contribution in [1.82, 2.24) is 10.6 Å². The lowest BCUT2D eigenvalue weighted by atomic mass is 10.1. The van der Waals surface area contributed by atoms with E-state index in [2.05, 4.69) is 47.1 Å². The first-order chi connectivity index (χ1) is 6.86. The molecule has 0 amide bonds. The molecule has 0 radical (unpaired) electrons. The fourth-order valence-corrected chi connectivity index (χ4v) is 1.26. The Kier molecular flexibility index (Phi) is 4.97. The Bertz CT molecular complexity index is 275. The van der Waals surface area contributed by atoms with Crippen LogP contribution in [0, 0.1) is 0 Å². The second-order valence-corrected chi connectivity index (χ2v) is 3.23. The predicted octanol–water partition coefficient (Wildman–Crippen LogP) is 1.64. The molecule has 0 aliphatic carbocycles. The van der Waals surface area contributed by atoms with Crippen molar-refractivity contribution in [2.24, 2.45) is 0 Å². The Hall–Kier alpha value is -1.12. The molecule has 0 bridgehead atoms. The first-order valence-electron chi connectivity index (χ1n) is 4.91. The molecule has 0 saturated carbocycles. The van der Waals surface area contributed by atoms with Crippen LogP contribution in [-0.4, -0.2) is 20.6 Å². The Morgan fingerprint density at radius 1 is 1.07 bits per heavy atom. The fraction of sp³-hybridized carbons (Fsp3) is 0.333. The predicted molar refractivity (Wildman–Crippen MR) is 62.2 cm³/mol. The van der Waals surface area contributed by atoms with Crippen molar-refractivity contribution in [2.45, 2.75) is 6.54 Å². The van der Waals surface area contributed by atoms with Crippen LogP contribution >= 0.6 is 0 Å². The smallest absolute Gasteiger partial charge is 0.0202 e. The van der Waals surface area contributed by atoms with Gasteiger partial charge in [0.15, 0.2) is 0 Å². The van der Waals surface area contributed by atoms with Crippen LogP contribution in [-0.2, 0) is 6.54 Å². The summed E-state index contributed by atoms with van der Waals surface area (Å²) in [5.74, 6) is 0. The quantitative estimate of drug-likeness (QED) is 0.737. The minimum absolute atomic E-state index is 0.915. The molecule has 0 aliphatic rings. The number of nitrogens with one attached hydrogen (secondary N) is 2. The van der Waals surface area contributed by atoms with E-state index in [9.17, 15) is 0 Å². The van der Waals surface area contributed by atoms with Gasteiger partial charge >= 0.3 is 0 Å². The summed E-state index contributed by atoms with van der Waals surface area (Å²) in [5.41, 5.74) is 2.57. The second kappa shape index (κ2) is 6.35. The maximum Gasteiger partial charge on any atom is 0.0202 e. The van der Waals surface area contributed by atoms with Crippen molar-refractivity contribution >= 4 is 6.08 Å². The van der Waals surface area contributed by atoms with Crippen LogP contribution in [0.15, 0.2) is 30.3 Å². The molecule has 0 atom stereocenters. The van der Waals surface area contributed by atoms with Gasteiger partial charge in [0.25, 0.3) is 0 Å². The fourth-order valence-electron chi connectivity index (χ4n) is 1.26. The summed E-state index contributed by atoms with van der Waals surface area (Å²) in [6.07, 6.45) is 4.24. The monoisotopic (exact) mass is 190 g/mol. The minimum Gasteiger partial charge on any atom is -0.316 e. The van der Waals surface area contributed by atoms with Crippen molar-refractivity contribution in [3.63, 3.8) is 0 Å². The zero-order valence-corrected chi connectivity index (χ0v) is 8.88. The highest BCUT2D eigenvalue weighted by Gasteiger charge is 1.89. The van der Waals surface area contributed by atoms with Gasteiger partial charge in [-0.2, -0.15) is 0 Å². The van der Waals surface area contributed by atoms with Crippen molar-refractivity contribution in [2.75, 3.05) is 20.6 Å². The van der Waals surface area contributed by atoms with E-state index in [0.717, 1.165) is 13.1 Å². The highest BCUT2D eigenvalue weighted by atomic mass is 14.8. The molecule has 0 aromatic heterocycles. The van der Waals surface area contributed by atoms with Gasteiger partial charge < -0.3 is 10.6 Å². The maximum absolute atomic E-state index is 3.13. The molecular weight excluding hydrogens is 172 g/mol. The average Bonchev–Trinajstić information content (AvgIpc) is 2.21. The van der Waals surface area contributed by atoms with Gasteiger partial charge in [0, 0.05) is 13.1 Å². The molecule has 0 unspecified atom stereocenters. The van der Waals surface area contributed by atoms with E-state index < -0.39 is 0 Å². The molecule has 0 aliphatic heterocycles. The molecule has 0 fully saturated rings. The molecule has 76 valence electrons. The van der Waals surface area contributed by atoms with Crippen LogP contribution in [0.25, 0.3) is 6.08 Å². The van der Waals surface area contributed by atoms with Gasteiger partial charge in [0.05, 0.1) is 0 Å². The van der Waals surface area contributed by atoms with Crippen LogP contribution < -0.4 is 10.6 Å². The van der Waals surface area contributed by atoms with Crippen LogP contribution in [0.5, 0.6) is 0 Å². The van der Waals surface area contributed by atoms with Crippen LogP contribution in [0.4, 0.5) is 0 Å². The molecule has 1 aromatic carbocycles. The van der Waals surface area contributed by atoms with E-state index in [0.29, 0.717) is 0 Å². The molecule has 0 spiro atoms. The lowest BCUT2D eigenvalue weighted by Gasteiger charge is -2.00. The minimum atomic E-state index is 0.915. The largest absolute Gasteiger partial charge is 0.316 e. The van der Waals surface area contributed by atoms with Crippen LogP contribution in [0.1, 0.15) is 11.1 Å². The molecule has 2 heteroatoms. The third-order valence-electron chi connectivity index (χ3n) is 1.99. The van der Waals surface area contributed by atoms with Crippen molar-refractivity contribution in [3.8, 4) is 0 Å². The Morgan fingerprint density at radius 3 is 2.36 bits per heavy atom. The first-order valence-corrected chi connectivity index (χ1v) is 4.91. The Labute approximate surface area is 86.0 Å². The summed E-state index contributed by atoms with van der Waals surface area (Å²) in [5, 5.41) is 6.20. The normalized spacial score (nSPS) is 11.0. The van der Waals surface area contributed by atoms with E-state index in [4.69, 9.17) is 0 Å². The average molecular weight is 190 g/mol. The topological polar surface area (TPSA) is 24.1 Å². The van der Waals surface area contributed by atoms with E-state index >= 15 is 0 Å². The van der Waals surface area contributed by atoms with Crippen LogP contribution in [0.3, 0.4) is 0 Å². The zero-order chi connectivity index (χ0) is 10.2. The van der Waals surface area contributed by atoms with Gasteiger partial charge in [-0.3, -0.25) is 0 Å². The van der Waals surface area contributed by atoms with Gasteiger partial charge in [-0.1, -0.05) is 36.4 Å². The van der Waals surface area contributed by atoms with E-state index in [1.165, 1.54) is 11.1 Å². The van der Waals surface area contributed by atoms with E-state index in [1.807, 2.05) is 14.1 Å². The van der Waals surface area contributed by atoms with Crippen LogP contribution in [0.2, 0.25) is 0 Å². The summed E-state index contributed by atoms with van der Waals surface area (Å²) in [6, 6.07) is 8.57. The number of hydrogen-bond donors (Lipinski definition) is 2. The first kappa shape index (κ1) is 11.0. The molecular formula is C12H18N2. The molecule has 14 heavy (non-hydrogen) atoms. The second-order valence-electron chi connectivity index (χ2n) is 3.23. The van der Waals surface area contributed by atoms with Crippen molar-refractivity contribution in [3.05, 3.63) is 41.5 Å². The standard InChI is InChI=1S/C12H18N2/c1-13-9-3-4-11-5-7-12(8-6-11)10-14-2/h3-8,13-14H,9-10H2,1-2H3. The number of benzene rings is 1. The summed E-state index contributed by atoms with van der Waals surface area (Å²) in [4.78, 5) is 0. The molecule has 0 saturated heterocycles. The summed E-state index contributed by atoms with van der Waals surface area (Å²) in [7, 11) is 3.90. The number of likely N-dealkylation sites (N-methyl/N-ethyl adjacent to an activating group) is 1. The van der Waals surface area contributed by atoms with Crippen molar-refractivity contribution < 1.29 is 0 Å². The van der Waals surface area contributed by atoms with Gasteiger partial charge in [0.1, 0.15) is 0 Å². The number of hydrogen-bond acceptors (Lipinski definition) is 2. The highest BCUT2D eigenvalue weighted by molar-refractivity contribution is 5.49. The Balaban J connectivity index is 2.54. The van der Waals surface area contributed by atoms with E-state index in [1.54, 1.807) is 0 Å². The zero-order valence-electron chi connectivity index (χ0n) is 8.88. The van der Waals surface area contributed by atoms with Crippen molar-refractivity contribution in [1.29, 1.82) is 0 Å². The highest BCUT2D eigenvalue weighted by Crippen LogP contribution is 2.05. The summed E-state index contributed by atoms with van der Waals surface area (Å²) in [6.45, 7) is 1.85. The summed E-state index contributed by atoms with van der Waals surface area (Å²) < 4.78 is 0. The summed E-state index contributed by atoms with van der Waals surface area (Å²) >= 11 is 0. The molecule has 2 N–H and O–H groups in total. The van der Waals surface area contributed by atoms with Gasteiger partial charge in [-0.05, 0) is 25.2 Å². The third-order valence-corrected chi connectivity index (χ3v) is 1.99. The third kappa shape index (κ3) is 3.73. The van der Waals surface area contributed by atoms with Gasteiger partial charge in [0.2, 0.25) is 0 Å². The van der Waals surface area contributed by atoms with E-state index in [-0.39, 0.29) is 0 Å². The van der Waals surface area contributed by atoms with Gasteiger partial charge in [-0.25, -0.2) is 0 Å². The molecule has 0 heterocycles. The lowest BCUT2D eigenvalue weighted by molar-refractivity contribution is 0.818. The maximum atomic E-state index is 3.13. The molecule has 1 aromatic rings. The van der Waals surface area contributed by atoms with Gasteiger partial charge in [-0.15, -0.1) is 0 Å².